The van der Waals surface area contributed by atoms with Gasteiger partial charge in [0.1, 0.15) is 6.20 Å². The first kappa shape index (κ1) is 15.6. The molecule has 0 fully saturated rings. The van der Waals surface area contributed by atoms with Gasteiger partial charge in [-0.3, -0.25) is 0 Å². The maximum atomic E-state index is 4.67. The quantitative estimate of drug-likeness (QED) is 0.621. The van der Waals surface area contributed by atoms with Gasteiger partial charge in [-0.05, 0) is 48.3 Å². The number of hydrogen-bond acceptors (Lipinski definition) is 1. The van der Waals surface area contributed by atoms with Crippen LogP contribution in [0.2, 0.25) is 0 Å². The Kier molecular flexibility index (Phi) is 3.63. The maximum Gasteiger partial charge on any atom is 0.274 e. The van der Waals surface area contributed by atoms with E-state index >= 15 is 0 Å². The van der Waals surface area contributed by atoms with Crippen LogP contribution in [0.25, 0.3) is 16.4 Å². The van der Waals surface area contributed by atoms with Gasteiger partial charge in [0.15, 0.2) is 0 Å². The van der Waals surface area contributed by atoms with Gasteiger partial charge >= 0.3 is 0 Å². The summed E-state index contributed by atoms with van der Waals surface area (Å²) in [6.45, 7) is 9.30. The lowest BCUT2D eigenvalue weighted by Crippen LogP contribution is -2.59. The average Bonchev–Trinajstić information content (AvgIpc) is 3.06. The Morgan fingerprint density at radius 2 is 1.96 bits per heavy atom. The minimum absolute atomic E-state index is 0.133. The van der Waals surface area contributed by atoms with Gasteiger partial charge in [-0.2, -0.15) is 0 Å². The third-order valence-corrected chi connectivity index (χ3v) is 6.49. The van der Waals surface area contributed by atoms with Gasteiger partial charge in [0.25, 0.3) is 12.0 Å². The molecule has 1 aromatic carbocycles. The summed E-state index contributed by atoms with van der Waals surface area (Å²) in [5.41, 5.74) is 4.40. The van der Waals surface area contributed by atoms with Crippen molar-refractivity contribution < 1.29 is 4.57 Å². The van der Waals surface area contributed by atoms with Crippen molar-refractivity contribution in [3.8, 4) is 0 Å². The van der Waals surface area contributed by atoms with Crippen molar-refractivity contribution in [2.75, 3.05) is 0 Å². The van der Waals surface area contributed by atoms with Crippen LogP contribution in [0.3, 0.4) is 0 Å². The smallest absolute Gasteiger partial charge is 0.224 e. The molecular formula is C21H28N3+. The lowest BCUT2D eigenvalue weighted by molar-refractivity contribution is -0.748. The topological polar surface area (TPSA) is 21.2 Å². The molecule has 2 aromatic heterocycles. The Labute approximate surface area is 144 Å². The van der Waals surface area contributed by atoms with Crippen LogP contribution in [0.5, 0.6) is 0 Å². The average molecular weight is 322 g/mol. The van der Waals surface area contributed by atoms with Crippen molar-refractivity contribution in [3.63, 3.8) is 0 Å². The molecule has 3 aromatic rings. The van der Waals surface area contributed by atoms with Crippen molar-refractivity contribution in [1.82, 2.24) is 9.61 Å². The van der Waals surface area contributed by atoms with Gasteiger partial charge in [0, 0.05) is 11.0 Å². The second kappa shape index (κ2) is 5.58. The zero-order valence-corrected chi connectivity index (χ0v) is 15.3. The molecule has 24 heavy (non-hydrogen) atoms. The van der Waals surface area contributed by atoms with E-state index in [1.165, 1.54) is 46.8 Å². The Balaban J connectivity index is 2.10. The molecular weight excluding hydrogens is 294 g/mol. The zero-order chi connectivity index (χ0) is 16.9. The van der Waals surface area contributed by atoms with E-state index in [9.17, 15) is 0 Å². The number of aromatic nitrogens is 3. The van der Waals surface area contributed by atoms with Crippen LogP contribution >= 0.6 is 0 Å². The highest BCUT2D eigenvalue weighted by Crippen LogP contribution is 2.44. The van der Waals surface area contributed by atoms with Crippen molar-refractivity contribution in [2.45, 2.75) is 71.3 Å². The van der Waals surface area contributed by atoms with E-state index in [1.807, 2.05) is 0 Å². The standard InChI is InChI=1S/C21H28N3/c1-5-8-9-16-10-11-17-15(4)21(6-2,7-3)23-14-22-24-13-12-18(16)19(17)20(23)24/h10-15H,5-9H2,1-4H3/q+1. The molecule has 4 rings (SSSR count). The Hall–Kier alpha value is -1.90. The molecule has 1 atom stereocenters. The fourth-order valence-electron chi connectivity index (χ4n) is 4.91. The van der Waals surface area contributed by atoms with Crippen LogP contribution in [0.1, 0.15) is 70.4 Å². The van der Waals surface area contributed by atoms with E-state index in [0.717, 1.165) is 12.8 Å². The predicted molar refractivity (Wildman–Crippen MR) is 98.5 cm³/mol. The second-order valence-electron chi connectivity index (χ2n) is 7.32. The molecule has 3 heterocycles. The molecule has 0 aliphatic carbocycles. The number of hydrogen-bond donors (Lipinski definition) is 0. The molecule has 1 aliphatic rings. The molecule has 126 valence electrons. The van der Waals surface area contributed by atoms with Crippen LogP contribution in [0.4, 0.5) is 0 Å². The molecule has 3 nitrogen and oxygen atoms in total. The van der Waals surface area contributed by atoms with Crippen LogP contribution < -0.4 is 4.57 Å². The summed E-state index contributed by atoms with van der Waals surface area (Å²) in [5, 5.41) is 7.52. The first-order valence-electron chi connectivity index (χ1n) is 9.51. The zero-order valence-electron chi connectivity index (χ0n) is 15.3. The van der Waals surface area contributed by atoms with E-state index in [1.54, 1.807) is 0 Å². The monoisotopic (exact) mass is 322 g/mol. The van der Waals surface area contributed by atoms with E-state index in [2.05, 4.69) is 72.6 Å². The number of nitrogens with zero attached hydrogens (tertiary/aromatic N) is 3. The molecule has 0 bridgehead atoms. The molecule has 0 radical (unpaired) electrons. The maximum absolute atomic E-state index is 4.67. The highest BCUT2D eigenvalue weighted by Gasteiger charge is 2.45. The summed E-state index contributed by atoms with van der Waals surface area (Å²) in [5.74, 6) is 0.503. The second-order valence-corrected chi connectivity index (χ2v) is 7.32. The van der Waals surface area contributed by atoms with Crippen LogP contribution in [0, 0.1) is 0 Å². The van der Waals surface area contributed by atoms with Gasteiger partial charge in [0.2, 0.25) is 0 Å². The Morgan fingerprint density at radius 1 is 1.17 bits per heavy atom. The van der Waals surface area contributed by atoms with E-state index in [-0.39, 0.29) is 5.54 Å². The van der Waals surface area contributed by atoms with E-state index < -0.39 is 0 Å². The summed E-state index contributed by atoms with van der Waals surface area (Å²) in [7, 11) is 0. The first-order valence-corrected chi connectivity index (χ1v) is 9.51. The van der Waals surface area contributed by atoms with Gasteiger partial charge in [-0.1, -0.05) is 50.8 Å². The molecule has 0 spiro atoms. The molecule has 1 unspecified atom stereocenters. The lowest BCUT2D eigenvalue weighted by Gasteiger charge is -2.39. The molecule has 0 saturated carbocycles. The Morgan fingerprint density at radius 3 is 2.67 bits per heavy atom. The fraction of sp³-hybridized carbons (Fsp3) is 0.524. The summed E-state index contributed by atoms with van der Waals surface area (Å²) in [6.07, 6.45) is 10.1. The summed E-state index contributed by atoms with van der Waals surface area (Å²) >= 11 is 0. The number of unbranched alkanes of at least 4 members (excludes halogenated alkanes) is 1. The SMILES string of the molecule is CCCCc1ccc2c3c1ccn1nc[n+](c31)C(CC)(CC)C2C. The third-order valence-electron chi connectivity index (χ3n) is 6.49. The Bertz CT molecular complexity index is 902. The number of pyridine rings is 1. The van der Waals surface area contributed by atoms with Crippen LogP contribution in [-0.4, -0.2) is 9.61 Å². The predicted octanol–water partition coefficient (Wildman–Crippen LogP) is 4.75. The minimum atomic E-state index is 0.133. The molecule has 0 N–H and O–H groups in total. The highest BCUT2D eigenvalue weighted by atomic mass is 15.3. The summed E-state index contributed by atoms with van der Waals surface area (Å²) in [6, 6.07) is 7.04. The summed E-state index contributed by atoms with van der Waals surface area (Å²) in [4.78, 5) is 0. The van der Waals surface area contributed by atoms with Crippen molar-refractivity contribution >= 4 is 16.4 Å². The summed E-state index contributed by atoms with van der Waals surface area (Å²) < 4.78 is 4.54. The molecule has 1 aliphatic heterocycles. The van der Waals surface area contributed by atoms with Crippen molar-refractivity contribution in [3.05, 3.63) is 41.9 Å². The van der Waals surface area contributed by atoms with Gasteiger partial charge in [-0.15, -0.1) is 0 Å². The van der Waals surface area contributed by atoms with Crippen molar-refractivity contribution in [1.29, 1.82) is 0 Å². The van der Waals surface area contributed by atoms with Crippen molar-refractivity contribution in [2.24, 2.45) is 0 Å². The van der Waals surface area contributed by atoms with E-state index in [4.69, 9.17) is 0 Å². The number of benzene rings is 1. The van der Waals surface area contributed by atoms with Gasteiger partial charge in [0.05, 0.1) is 10.9 Å². The molecule has 3 heteroatoms. The third kappa shape index (κ3) is 1.84. The van der Waals surface area contributed by atoms with Gasteiger partial charge < -0.3 is 0 Å². The largest absolute Gasteiger partial charge is 0.274 e. The normalized spacial score (nSPS) is 18.8. The molecule has 0 saturated heterocycles. The van der Waals surface area contributed by atoms with E-state index in [0.29, 0.717) is 5.92 Å². The van der Waals surface area contributed by atoms with Gasteiger partial charge in [-0.25, -0.2) is 4.57 Å². The number of aryl methyl sites for hydroxylation is 1. The minimum Gasteiger partial charge on any atom is -0.224 e. The molecule has 0 amide bonds. The van der Waals surface area contributed by atoms with Crippen LogP contribution in [-0.2, 0) is 12.0 Å². The van der Waals surface area contributed by atoms with Crippen LogP contribution in [0.15, 0.2) is 30.7 Å². The lowest BCUT2D eigenvalue weighted by atomic mass is 9.73. The fourth-order valence-corrected chi connectivity index (χ4v) is 4.91. The first-order chi connectivity index (χ1) is 11.7. The highest BCUT2D eigenvalue weighted by molar-refractivity contribution is 5.98. The number of rotatable bonds is 5.